The standard InChI is InChI=1S/C12H21N/c1-5-10(2)7-13-8-11(3)6-12(4)9-13/h6,11H,2,5,7-9H2,1,3-4H3. The number of rotatable bonds is 3. The van der Waals surface area contributed by atoms with Crippen LogP contribution in [0, 0.1) is 5.92 Å². The van der Waals surface area contributed by atoms with Crippen molar-refractivity contribution in [1.29, 1.82) is 0 Å². The van der Waals surface area contributed by atoms with Crippen molar-refractivity contribution in [2.45, 2.75) is 27.2 Å². The summed E-state index contributed by atoms with van der Waals surface area (Å²) in [5.41, 5.74) is 2.85. The van der Waals surface area contributed by atoms with Gasteiger partial charge in [-0.05, 0) is 19.3 Å². The van der Waals surface area contributed by atoms with E-state index in [9.17, 15) is 0 Å². The maximum absolute atomic E-state index is 4.06. The minimum absolute atomic E-state index is 0.707. The molecule has 0 radical (unpaired) electrons. The van der Waals surface area contributed by atoms with Crippen LogP contribution in [0.4, 0.5) is 0 Å². The maximum atomic E-state index is 4.06. The molecule has 1 unspecified atom stereocenters. The van der Waals surface area contributed by atoms with Gasteiger partial charge in [-0.25, -0.2) is 0 Å². The van der Waals surface area contributed by atoms with Crippen molar-refractivity contribution in [1.82, 2.24) is 4.90 Å². The smallest absolute Gasteiger partial charge is 0.0193 e. The molecule has 1 nitrogen and oxygen atoms in total. The van der Waals surface area contributed by atoms with E-state index in [0.29, 0.717) is 5.92 Å². The van der Waals surface area contributed by atoms with E-state index in [0.717, 1.165) is 19.5 Å². The lowest BCUT2D eigenvalue weighted by Gasteiger charge is -2.30. The van der Waals surface area contributed by atoms with E-state index in [4.69, 9.17) is 0 Å². The van der Waals surface area contributed by atoms with Crippen LogP contribution in [0.3, 0.4) is 0 Å². The van der Waals surface area contributed by atoms with Crippen molar-refractivity contribution in [3.63, 3.8) is 0 Å². The Kier molecular flexibility index (Phi) is 3.73. The molecule has 0 aromatic carbocycles. The van der Waals surface area contributed by atoms with Gasteiger partial charge in [-0.15, -0.1) is 0 Å². The van der Waals surface area contributed by atoms with Crippen LogP contribution in [0.25, 0.3) is 0 Å². The molecular formula is C12H21N. The molecule has 0 amide bonds. The second-order valence-electron chi connectivity index (χ2n) is 4.26. The summed E-state index contributed by atoms with van der Waals surface area (Å²) in [6.07, 6.45) is 3.48. The fourth-order valence-corrected chi connectivity index (χ4v) is 1.96. The number of hydrogen-bond donors (Lipinski definition) is 0. The summed E-state index contributed by atoms with van der Waals surface area (Å²) in [6, 6.07) is 0. The lowest BCUT2D eigenvalue weighted by atomic mass is 10.0. The van der Waals surface area contributed by atoms with E-state index < -0.39 is 0 Å². The first kappa shape index (κ1) is 10.5. The Hall–Kier alpha value is -0.560. The lowest BCUT2D eigenvalue weighted by Crippen LogP contribution is -2.34. The molecule has 74 valence electrons. The first-order valence-corrected chi connectivity index (χ1v) is 5.18. The van der Waals surface area contributed by atoms with Crippen LogP contribution in [-0.2, 0) is 0 Å². The van der Waals surface area contributed by atoms with Crippen molar-refractivity contribution in [3.8, 4) is 0 Å². The fraction of sp³-hybridized carbons (Fsp3) is 0.667. The first-order chi connectivity index (χ1) is 6.11. The third kappa shape index (κ3) is 3.35. The zero-order valence-corrected chi connectivity index (χ0v) is 9.14. The summed E-state index contributed by atoms with van der Waals surface area (Å²) in [6.45, 7) is 14.1. The molecule has 1 heterocycles. The molecule has 1 heteroatoms. The van der Waals surface area contributed by atoms with Gasteiger partial charge in [0.15, 0.2) is 0 Å². The Bertz CT molecular complexity index is 215. The van der Waals surface area contributed by atoms with E-state index >= 15 is 0 Å². The summed E-state index contributed by atoms with van der Waals surface area (Å²) >= 11 is 0. The third-order valence-corrected chi connectivity index (χ3v) is 2.54. The van der Waals surface area contributed by atoms with E-state index in [-0.39, 0.29) is 0 Å². The Labute approximate surface area is 82.1 Å². The summed E-state index contributed by atoms with van der Waals surface area (Å²) in [5, 5.41) is 0. The zero-order valence-electron chi connectivity index (χ0n) is 9.14. The molecule has 1 rings (SSSR count). The van der Waals surface area contributed by atoms with Gasteiger partial charge in [0.25, 0.3) is 0 Å². The molecule has 0 aromatic rings. The molecule has 13 heavy (non-hydrogen) atoms. The monoisotopic (exact) mass is 179 g/mol. The third-order valence-electron chi connectivity index (χ3n) is 2.54. The van der Waals surface area contributed by atoms with Crippen LogP contribution in [0.1, 0.15) is 27.2 Å². The quantitative estimate of drug-likeness (QED) is 0.602. The Morgan fingerprint density at radius 1 is 1.69 bits per heavy atom. The second-order valence-corrected chi connectivity index (χ2v) is 4.26. The Morgan fingerprint density at radius 2 is 2.38 bits per heavy atom. The minimum atomic E-state index is 0.707. The molecule has 0 aromatic heterocycles. The second kappa shape index (κ2) is 4.61. The van der Waals surface area contributed by atoms with Gasteiger partial charge in [0.1, 0.15) is 0 Å². The highest BCUT2D eigenvalue weighted by molar-refractivity contribution is 5.09. The van der Waals surface area contributed by atoms with Gasteiger partial charge in [-0.3, -0.25) is 4.90 Å². The molecule has 0 fully saturated rings. The molecule has 0 saturated heterocycles. The molecule has 0 aliphatic carbocycles. The van der Waals surface area contributed by atoms with E-state index in [2.05, 4.69) is 38.3 Å². The van der Waals surface area contributed by atoms with Crippen LogP contribution in [0.15, 0.2) is 23.8 Å². The van der Waals surface area contributed by atoms with Crippen molar-refractivity contribution in [3.05, 3.63) is 23.8 Å². The van der Waals surface area contributed by atoms with Gasteiger partial charge in [0, 0.05) is 19.6 Å². The van der Waals surface area contributed by atoms with Crippen LogP contribution in [0.2, 0.25) is 0 Å². The van der Waals surface area contributed by atoms with Crippen molar-refractivity contribution < 1.29 is 0 Å². The average molecular weight is 179 g/mol. The Morgan fingerprint density at radius 3 is 2.92 bits per heavy atom. The molecule has 1 atom stereocenters. The average Bonchev–Trinajstić information content (AvgIpc) is 2.02. The van der Waals surface area contributed by atoms with E-state index in [1.165, 1.54) is 17.7 Å². The molecule has 1 aliphatic heterocycles. The van der Waals surface area contributed by atoms with Gasteiger partial charge in [-0.2, -0.15) is 0 Å². The van der Waals surface area contributed by atoms with Gasteiger partial charge >= 0.3 is 0 Å². The summed E-state index contributed by atoms with van der Waals surface area (Å²) < 4.78 is 0. The Balaban J connectivity index is 2.45. The first-order valence-electron chi connectivity index (χ1n) is 5.18. The molecule has 0 spiro atoms. The number of nitrogens with zero attached hydrogens (tertiary/aromatic N) is 1. The van der Waals surface area contributed by atoms with Crippen molar-refractivity contribution in [2.75, 3.05) is 19.6 Å². The molecule has 0 bridgehead atoms. The van der Waals surface area contributed by atoms with Crippen LogP contribution in [-0.4, -0.2) is 24.5 Å². The normalized spacial score (nSPS) is 24.2. The van der Waals surface area contributed by atoms with E-state index in [1.54, 1.807) is 0 Å². The summed E-state index contributed by atoms with van der Waals surface area (Å²) in [4.78, 5) is 2.49. The number of hydrogen-bond acceptors (Lipinski definition) is 1. The largest absolute Gasteiger partial charge is 0.295 e. The molecular weight excluding hydrogens is 158 g/mol. The van der Waals surface area contributed by atoms with Gasteiger partial charge in [0.05, 0.1) is 0 Å². The lowest BCUT2D eigenvalue weighted by molar-refractivity contribution is 0.277. The SMILES string of the molecule is C=C(CC)CN1CC(C)=CC(C)C1. The highest BCUT2D eigenvalue weighted by atomic mass is 15.1. The summed E-state index contributed by atoms with van der Waals surface area (Å²) in [5.74, 6) is 0.707. The molecule has 0 saturated carbocycles. The predicted molar refractivity (Wildman–Crippen MR) is 58.8 cm³/mol. The van der Waals surface area contributed by atoms with Gasteiger partial charge in [-0.1, -0.05) is 37.6 Å². The van der Waals surface area contributed by atoms with Gasteiger partial charge in [0.2, 0.25) is 0 Å². The zero-order chi connectivity index (χ0) is 9.84. The minimum Gasteiger partial charge on any atom is -0.295 e. The highest BCUT2D eigenvalue weighted by Crippen LogP contribution is 2.15. The van der Waals surface area contributed by atoms with Crippen molar-refractivity contribution in [2.24, 2.45) is 5.92 Å². The fourth-order valence-electron chi connectivity index (χ4n) is 1.96. The maximum Gasteiger partial charge on any atom is 0.0193 e. The topological polar surface area (TPSA) is 3.24 Å². The highest BCUT2D eigenvalue weighted by Gasteiger charge is 2.14. The predicted octanol–water partition coefficient (Wildman–Crippen LogP) is 2.85. The van der Waals surface area contributed by atoms with E-state index in [1.807, 2.05) is 0 Å². The summed E-state index contributed by atoms with van der Waals surface area (Å²) in [7, 11) is 0. The van der Waals surface area contributed by atoms with Crippen LogP contribution < -0.4 is 0 Å². The molecule has 1 aliphatic rings. The van der Waals surface area contributed by atoms with Crippen LogP contribution >= 0.6 is 0 Å². The van der Waals surface area contributed by atoms with Crippen LogP contribution in [0.5, 0.6) is 0 Å². The molecule has 0 N–H and O–H groups in total. The van der Waals surface area contributed by atoms with Crippen molar-refractivity contribution >= 4 is 0 Å². The van der Waals surface area contributed by atoms with Gasteiger partial charge < -0.3 is 0 Å².